The zero-order chi connectivity index (χ0) is 18.7. The number of pyridine rings is 1. The van der Waals surface area contributed by atoms with Crippen LogP contribution in [0, 0.1) is 5.92 Å². The number of rotatable bonds is 4. The normalized spacial score (nSPS) is 22.6. The molecule has 0 spiro atoms. The average Bonchev–Trinajstić information content (AvgIpc) is 2.69. The van der Waals surface area contributed by atoms with E-state index in [-0.39, 0.29) is 11.5 Å². The highest BCUT2D eigenvalue weighted by Crippen LogP contribution is 2.40. The summed E-state index contributed by atoms with van der Waals surface area (Å²) < 4.78 is 6.44. The van der Waals surface area contributed by atoms with Gasteiger partial charge in [-0.05, 0) is 68.0 Å². The van der Waals surface area contributed by atoms with Crippen LogP contribution in [0.2, 0.25) is 0 Å². The van der Waals surface area contributed by atoms with Crippen LogP contribution in [-0.2, 0) is 6.42 Å². The van der Waals surface area contributed by atoms with Gasteiger partial charge in [0.1, 0.15) is 11.4 Å². The van der Waals surface area contributed by atoms with Crippen molar-refractivity contribution in [1.82, 2.24) is 4.98 Å². The van der Waals surface area contributed by atoms with Gasteiger partial charge in [-0.25, -0.2) is 0 Å². The van der Waals surface area contributed by atoms with Gasteiger partial charge in [0.2, 0.25) is 0 Å². The molecule has 4 rings (SSSR count). The molecule has 1 N–H and O–H groups in total. The van der Waals surface area contributed by atoms with E-state index in [2.05, 4.69) is 17.2 Å². The van der Waals surface area contributed by atoms with Crippen LogP contribution in [0.15, 0.2) is 42.7 Å². The van der Waals surface area contributed by atoms with Crippen LogP contribution in [0.1, 0.15) is 67.8 Å². The van der Waals surface area contributed by atoms with Crippen molar-refractivity contribution in [2.45, 2.75) is 63.9 Å². The zero-order valence-electron chi connectivity index (χ0n) is 16.0. The summed E-state index contributed by atoms with van der Waals surface area (Å²) in [6.45, 7) is 2.26. The Labute approximate surface area is 161 Å². The van der Waals surface area contributed by atoms with E-state index in [0.717, 1.165) is 42.2 Å². The zero-order valence-corrected chi connectivity index (χ0v) is 16.0. The Bertz CT molecular complexity index is 799. The van der Waals surface area contributed by atoms with Crippen molar-refractivity contribution in [3.05, 3.63) is 53.9 Å². The molecule has 4 nitrogen and oxygen atoms in total. The minimum atomic E-state index is -0.0976. The molecule has 1 aliphatic carbocycles. The van der Waals surface area contributed by atoms with E-state index < -0.39 is 0 Å². The van der Waals surface area contributed by atoms with Gasteiger partial charge in [0.05, 0.1) is 0 Å². The third-order valence-electron chi connectivity index (χ3n) is 5.99. The Morgan fingerprint density at radius 2 is 1.96 bits per heavy atom. The van der Waals surface area contributed by atoms with E-state index in [9.17, 15) is 4.79 Å². The Hall–Kier alpha value is -2.36. The Morgan fingerprint density at radius 1 is 1.19 bits per heavy atom. The second-order valence-corrected chi connectivity index (χ2v) is 8.27. The first-order chi connectivity index (χ1) is 13.1. The second kappa shape index (κ2) is 7.71. The lowest BCUT2D eigenvalue weighted by Crippen LogP contribution is -2.38. The number of nitrogens with zero attached hydrogens (tertiary/aromatic N) is 1. The van der Waals surface area contributed by atoms with E-state index in [1.807, 2.05) is 18.2 Å². The highest BCUT2D eigenvalue weighted by atomic mass is 16.5. The van der Waals surface area contributed by atoms with E-state index >= 15 is 0 Å². The first-order valence-electron chi connectivity index (χ1n) is 10.1. The van der Waals surface area contributed by atoms with Crippen LogP contribution in [0.4, 0.5) is 5.69 Å². The van der Waals surface area contributed by atoms with Crippen molar-refractivity contribution < 1.29 is 9.53 Å². The molecular weight excluding hydrogens is 336 g/mol. The summed E-state index contributed by atoms with van der Waals surface area (Å²) in [5.74, 6) is 1.65. The average molecular weight is 364 g/mol. The molecule has 2 aromatic rings. The maximum absolute atomic E-state index is 12.5. The number of aromatic nitrogens is 1. The van der Waals surface area contributed by atoms with Crippen molar-refractivity contribution in [3.8, 4) is 5.75 Å². The summed E-state index contributed by atoms with van der Waals surface area (Å²) in [5, 5.41) is 2.92. The summed E-state index contributed by atoms with van der Waals surface area (Å²) in [7, 11) is 0. The largest absolute Gasteiger partial charge is 0.487 e. The molecular formula is C23H28N2O2. The smallest absolute Gasteiger partial charge is 0.255 e. The molecule has 0 bridgehead atoms. The van der Waals surface area contributed by atoms with Gasteiger partial charge in [-0.15, -0.1) is 0 Å². The fraction of sp³-hybridized carbons (Fsp3) is 0.478. The SMILES string of the molecule is CC1(CC2CCCCC2)CCc2cc(C(=O)Nc3ccncc3)ccc2O1. The lowest BCUT2D eigenvalue weighted by atomic mass is 9.78. The molecule has 1 aliphatic heterocycles. The van der Waals surface area contributed by atoms with Crippen molar-refractivity contribution in [2.75, 3.05) is 5.32 Å². The lowest BCUT2D eigenvalue weighted by molar-refractivity contribution is 0.0333. The van der Waals surface area contributed by atoms with E-state index in [0.29, 0.717) is 5.56 Å². The summed E-state index contributed by atoms with van der Waals surface area (Å²) in [6.07, 6.45) is 13.3. The van der Waals surface area contributed by atoms with Gasteiger partial charge in [0.25, 0.3) is 5.91 Å². The number of carbonyl (C=O) groups excluding carboxylic acids is 1. The van der Waals surface area contributed by atoms with Crippen molar-refractivity contribution in [1.29, 1.82) is 0 Å². The van der Waals surface area contributed by atoms with E-state index in [1.54, 1.807) is 24.5 Å². The van der Waals surface area contributed by atoms with E-state index in [4.69, 9.17) is 4.74 Å². The Morgan fingerprint density at radius 3 is 2.74 bits per heavy atom. The molecule has 1 saturated carbocycles. The first kappa shape index (κ1) is 18.0. The predicted octanol–water partition coefficient (Wildman–Crippen LogP) is 5.39. The molecule has 1 aromatic carbocycles. The minimum Gasteiger partial charge on any atom is -0.487 e. The van der Waals surface area contributed by atoms with Crippen LogP contribution in [-0.4, -0.2) is 16.5 Å². The fourth-order valence-electron chi connectivity index (χ4n) is 4.52. The van der Waals surface area contributed by atoms with Gasteiger partial charge in [0.15, 0.2) is 0 Å². The molecule has 0 saturated heterocycles. The molecule has 1 atom stereocenters. The number of benzene rings is 1. The third-order valence-corrected chi connectivity index (χ3v) is 5.99. The van der Waals surface area contributed by atoms with Crippen LogP contribution >= 0.6 is 0 Å². The molecule has 4 heteroatoms. The molecule has 142 valence electrons. The summed E-state index contributed by atoms with van der Waals surface area (Å²) >= 11 is 0. The maximum Gasteiger partial charge on any atom is 0.255 e. The molecule has 1 unspecified atom stereocenters. The quantitative estimate of drug-likeness (QED) is 0.791. The standard InChI is InChI=1S/C23H28N2O2/c1-23(16-17-5-3-2-4-6-17)12-9-18-15-19(7-8-21(18)27-23)22(26)25-20-10-13-24-14-11-20/h7-8,10-11,13-15,17H,2-6,9,12,16H2,1H3,(H,24,25,26). The maximum atomic E-state index is 12.5. The molecule has 2 aliphatic rings. The Balaban J connectivity index is 1.44. The molecule has 1 amide bonds. The number of anilines is 1. The molecule has 27 heavy (non-hydrogen) atoms. The number of nitrogens with one attached hydrogen (secondary N) is 1. The van der Waals surface area contributed by atoms with Crippen LogP contribution in [0.25, 0.3) is 0 Å². The first-order valence-corrected chi connectivity index (χ1v) is 10.1. The second-order valence-electron chi connectivity index (χ2n) is 8.27. The van der Waals surface area contributed by atoms with Gasteiger partial charge in [-0.3, -0.25) is 9.78 Å². The van der Waals surface area contributed by atoms with E-state index in [1.165, 1.54) is 32.1 Å². The summed E-state index contributed by atoms with van der Waals surface area (Å²) in [4.78, 5) is 16.5. The molecule has 1 fully saturated rings. The third kappa shape index (κ3) is 4.32. The van der Waals surface area contributed by atoms with Crippen molar-refractivity contribution in [2.24, 2.45) is 5.92 Å². The van der Waals surface area contributed by atoms with Crippen LogP contribution in [0.5, 0.6) is 5.75 Å². The number of carbonyl (C=O) groups is 1. The number of fused-ring (bicyclic) bond motifs is 1. The van der Waals surface area contributed by atoms with Crippen molar-refractivity contribution >= 4 is 11.6 Å². The number of aryl methyl sites for hydroxylation is 1. The molecule has 0 radical (unpaired) electrons. The van der Waals surface area contributed by atoms with Gasteiger partial charge in [-0.2, -0.15) is 0 Å². The summed E-state index contributed by atoms with van der Waals surface area (Å²) in [6, 6.07) is 9.38. The minimum absolute atomic E-state index is 0.0736. The monoisotopic (exact) mass is 364 g/mol. The van der Waals surface area contributed by atoms with Crippen LogP contribution in [0.3, 0.4) is 0 Å². The Kier molecular flexibility index (Phi) is 5.15. The number of hydrogen-bond acceptors (Lipinski definition) is 3. The number of hydrogen-bond donors (Lipinski definition) is 1. The highest BCUT2D eigenvalue weighted by Gasteiger charge is 2.34. The summed E-state index contributed by atoms with van der Waals surface area (Å²) in [5.41, 5.74) is 2.49. The van der Waals surface area contributed by atoms with Gasteiger partial charge < -0.3 is 10.1 Å². The lowest BCUT2D eigenvalue weighted by Gasteiger charge is -2.39. The number of amides is 1. The van der Waals surface area contributed by atoms with Gasteiger partial charge in [-0.1, -0.05) is 32.1 Å². The highest BCUT2D eigenvalue weighted by molar-refractivity contribution is 6.04. The number of ether oxygens (including phenoxy) is 1. The molecule has 2 heterocycles. The topological polar surface area (TPSA) is 51.2 Å². The van der Waals surface area contributed by atoms with Gasteiger partial charge in [0, 0.05) is 23.6 Å². The molecule has 1 aromatic heterocycles. The van der Waals surface area contributed by atoms with Crippen LogP contribution < -0.4 is 10.1 Å². The van der Waals surface area contributed by atoms with Crippen molar-refractivity contribution in [3.63, 3.8) is 0 Å². The predicted molar refractivity (Wildman–Crippen MR) is 107 cm³/mol. The fourth-order valence-corrected chi connectivity index (χ4v) is 4.52. The van der Waals surface area contributed by atoms with Gasteiger partial charge >= 0.3 is 0 Å².